The first-order chi connectivity index (χ1) is 6.64. The van der Waals surface area contributed by atoms with Gasteiger partial charge in [0.25, 0.3) is 0 Å². The van der Waals surface area contributed by atoms with Crippen LogP contribution in [0.1, 0.15) is 13.8 Å². The summed E-state index contributed by atoms with van der Waals surface area (Å²) in [6.07, 6.45) is 0. The van der Waals surface area contributed by atoms with Crippen LogP contribution in [0.2, 0.25) is 0 Å². The van der Waals surface area contributed by atoms with Crippen molar-refractivity contribution in [2.75, 3.05) is 13.2 Å². The highest BCUT2D eigenvalue weighted by molar-refractivity contribution is 14.1. The van der Waals surface area contributed by atoms with Gasteiger partial charge in [-0.3, -0.25) is 4.57 Å². The monoisotopic (exact) mass is 327 g/mol. The van der Waals surface area contributed by atoms with Gasteiger partial charge in [-0.25, -0.2) is 6.07 Å². The minimum absolute atomic E-state index is 0.387. The molecule has 1 aromatic carbocycles. The molecule has 0 saturated carbocycles. The topological polar surface area (TPSA) is 35.5 Å². The highest BCUT2D eigenvalue weighted by Gasteiger charge is 2.23. The van der Waals surface area contributed by atoms with Gasteiger partial charge in [0, 0.05) is 0 Å². The summed E-state index contributed by atoms with van der Waals surface area (Å²) < 4.78 is 23.6. The quantitative estimate of drug-likeness (QED) is 0.474. The molecule has 0 unspecified atom stereocenters. The molecule has 0 N–H and O–H groups in total. The Balaban J connectivity index is 2.99. The molecule has 0 saturated heterocycles. The van der Waals surface area contributed by atoms with Gasteiger partial charge in [0.15, 0.2) is 0 Å². The van der Waals surface area contributed by atoms with Gasteiger partial charge in [-0.05, 0) is 19.2 Å². The first kappa shape index (κ1) is 12.3. The SMILES string of the molecule is CCOP(=O)(OCC)[c-]1cccc1I. The Hall–Kier alpha value is 0.230. The van der Waals surface area contributed by atoms with Crippen molar-refractivity contribution in [1.82, 2.24) is 0 Å². The van der Waals surface area contributed by atoms with Gasteiger partial charge in [0.1, 0.15) is 0 Å². The van der Waals surface area contributed by atoms with Crippen LogP contribution in [-0.2, 0) is 13.6 Å². The van der Waals surface area contributed by atoms with Crippen LogP contribution >= 0.6 is 30.2 Å². The second-order valence-electron chi connectivity index (χ2n) is 2.59. The molecule has 0 amide bonds. The van der Waals surface area contributed by atoms with Crippen LogP contribution in [-0.4, -0.2) is 13.2 Å². The zero-order valence-electron chi connectivity index (χ0n) is 8.20. The summed E-state index contributed by atoms with van der Waals surface area (Å²) in [4.78, 5) is 0. The van der Waals surface area contributed by atoms with Crippen molar-refractivity contribution in [1.29, 1.82) is 0 Å². The third kappa shape index (κ3) is 2.63. The number of halogens is 1. The van der Waals surface area contributed by atoms with Crippen LogP contribution in [0.4, 0.5) is 0 Å². The Morgan fingerprint density at radius 2 is 2.00 bits per heavy atom. The van der Waals surface area contributed by atoms with Crippen LogP contribution < -0.4 is 5.30 Å². The highest BCUT2D eigenvalue weighted by atomic mass is 127. The molecule has 80 valence electrons. The molecule has 0 aliphatic rings. The van der Waals surface area contributed by atoms with E-state index in [1.54, 1.807) is 6.07 Å². The average Bonchev–Trinajstić information content (AvgIpc) is 2.52. The van der Waals surface area contributed by atoms with Crippen LogP contribution in [0.5, 0.6) is 0 Å². The third-order valence-corrected chi connectivity index (χ3v) is 5.18. The number of hydrogen-bond donors (Lipinski definition) is 0. The normalized spacial score (nSPS) is 11.9. The molecule has 0 aliphatic carbocycles. The molecule has 0 heterocycles. The minimum Gasteiger partial charge on any atom is -0.314 e. The van der Waals surface area contributed by atoms with Gasteiger partial charge in [-0.1, -0.05) is 26.2 Å². The van der Waals surface area contributed by atoms with Crippen LogP contribution in [0, 0.1) is 3.57 Å². The molecule has 0 atom stereocenters. The molecule has 14 heavy (non-hydrogen) atoms. The van der Waals surface area contributed by atoms with Crippen molar-refractivity contribution in [3.8, 4) is 0 Å². The highest BCUT2D eigenvalue weighted by Crippen LogP contribution is 2.47. The Morgan fingerprint density at radius 1 is 1.43 bits per heavy atom. The van der Waals surface area contributed by atoms with E-state index in [1.807, 2.05) is 26.0 Å². The molecule has 5 heteroatoms. The maximum atomic E-state index is 12.2. The van der Waals surface area contributed by atoms with E-state index in [1.165, 1.54) is 0 Å². The van der Waals surface area contributed by atoms with E-state index in [-0.39, 0.29) is 0 Å². The standard InChI is InChI=1S/C9H13IO3P/c1-3-12-14(11,13-4-2)9-7-5-6-8(9)10/h5-7H,3-4H2,1-2H3/q-1. The van der Waals surface area contributed by atoms with E-state index in [0.29, 0.717) is 18.5 Å². The second-order valence-corrected chi connectivity index (χ2v) is 5.75. The maximum absolute atomic E-state index is 12.2. The fourth-order valence-electron chi connectivity index (χ4n) is 1.13. The molecule has 0 aliphatic heterocycles. The Morgan fingerprint density at radius 3 is 2.36 bits per heavy atom. The van der Waals surface area contributed by atoms with E-state index in [4.69, 9.17) is 9.05 Å². The summed E-state index contributed by atoms with van der Waals surface area (Å²) in [6.45, 7) is 4.39. The van der Waals surface area contributed by atoms with Gasteiger partial charge in [-0.15, -0.1) is 0 Å². The van der Waals surface area contributed by atoms with Crippen LogP contribution in [0.15, 0.2) is 18.2 Å². The van der Waals surface area contributed by atoms with Gasteiger partial charge in [-0.2, -0.15) is 12.1 Å². The first-order valence-corrected chi connectivity index (χ1v) is 7.07. The minimum atomic E-state index is -3.07. The van der Waals surface area contributed by atoms with Crippen molar-refractivity contribution in [3.63, 3.8) is 0 Å². The van der Waals surface area contributed by atoms with Crippen molar-refractivity contribution >= 4 is 35.5 Å². The molecule has 1 rings (SSSR count). The lowest BCUT2D eigenvalue weighted by atomic mass is 10.7. The lowest BCUT2D eigenvalue weighted by Crippen LogP contribution is -2.11. The molecule has 3 nitrogen and oxygen atoms in total. The van der Waals surface area contributed by atoms with E-state index < -0.39 is 7.60 Å². The van der Waals surface area contributed by atoms with Crippen molar-refractivity contribution < 1.29 is 13.6 Å². The Kier molecular flexibility index (Phi) is 4.70. The summed E-state index contributed by atoms with van der Waals surface area (Å²) in [7, 11) is -3.07. The lowest BCUT2D eigenvalue weighted by Gasteiger charge is -2.20. The first-order valence-electron chi connectivity index (χ1n) is 4.45. The zero-order valence-corrected chi connectivity index (χ0v) is 11.2. The smallest absolute Gasteiger partial charge is 0.309 e. The predicted octanol–water partition coefficient (Wildman–Crippen LogP) is 2.90. The van der Waals surface area contributed by atoms with E-state index >= 15 is 0 Å². The molecule has 0 fully saturated rings. The van der Waals surface area contributed by atoms with E-state index in [9.17, 15) is 4.57 Å². The zero-order chi connectivity index (χ0) is 10.6. The van der Waals surface area contributed by atoms with Gasteiger partial charge < -0.3 is 9.05 Å². The van der Waals surface area contributed by atoms with Crippen molar-refractivity contribution in [2.45, 2.75) is 13.8 Å². The fraction of sp³-hybridized carbons (Fsp3) is 0.444. The Labute approximate surface area is 97.8 Å². The summed E-state index contributed by atoms with van der Waals surface area (Å²) >= 11 is 2.13. The van der Waals surface area contributed by atoms with E-state index in [2.05, 4.69) is 22.6 Å². The summed E-state index contributed by atoms with van der Waals surface area (Å²) in [5, 5.41) is 0.668. The van der Waals surface area contributed by atoms with Crippen LogP contribution in [0.3, 0.4) is 0 Å². The Bertz CT molecular complexity index is 325. The molecular formula is C9H13IO3P-. The van der Waals surface area contributed by atoms with Crippen LogP contribution in [0.25, 0.3) is 0 Å². The summed E-state index contributed by atoms with van der Waals surface area (Å²) in [6, 6.07) is 5.52. The number of rotatable bonds is 5. The summed E-state index contributed by atoms with van der Waals surface area (Å²) in [5.41, 5.74) is 0. The largest absolute Gasteiger partial charge is 0.314 e. The average molecular weight is 327 g/mol. The number of hydrogen-bond acceptors (Lipinski definition) is 3. The molecule has 0 aromatic heterocycles. The second kappa shape index (κ2) is 5.35. The molecule has 1 aromatic rings. The molecule has 0 bridgehead atoms. The maximum Gasteiger partial charge on any atom is 0.309 e. The van der Waals surface area contributed by atoms with Gasteiger partial charge >= 0.3 is 7.60 Å². The third-order valence-electron chi connectivity index (χ3n) is 1.63. The molecular weight excluding hydrogens is 314 g/mol. The van der Waals surface area contributed by atoms with Gasteiger partial charge in [0.2, 0.25) is 0 Å². The van der Waals surface area contributed by atoms with Crippen molar-refractivity contribution in [3.05, 3.63) is 21.8 Å². The molecule has 0 radical (unpaired) electrons. The predicted molar refractivity (Wildman–Crippen MR) is 65.2 cm³/mol. The van der Waals surface area contributed by atoms with Gasteiger partial charge in [0.05, 0.1) is 13.2 Å². The molecule has 0 spiro atoms. The fourth-order valence-corrected chi connectivity index (χ4v) is 4.04. The summed E-state index contributed by atoms with van der Waals surface area (Å²) in [5.74, 6) is 0. The van der Waals surface area contributed by atoms with E-state index in [0.717, 1.165) is 3.57 Å². The van der Waals surface area contributed by atoms with Crippen molar-refractivity contribution in [2.24, 2.45) is 0 Å². The lowest BCUT2D eigenvalue weighted by molar-refractivity contribution is 0.230.